The summed E-state index contributed by atoms with van der Waals surface area (Å²) in [4.78, 5) is 7.22. The van der Waals surface area contributed by atoms with E-state index in [0.29, 0.717) is 10.3 Å². The van der Waals surface area contributed by atoms with E-state index in [9.17, 15) is 0 Å². The molecule has 0 aromatic carbocycles. The summed E-state index contributed by atoms with van der Waals surface area (Å²) >= 11 is 10.8. The van der Waals surface area contributed by atoms with Crippen molar-refractivity contribution in [3.63, 3.8) is 0 Å². The number of hydrogen-bond acceptors (Lipinski definition) is 2. The predicted octanol–water partition coefficient (Wildman–Crippen LogP) is 2.36. The summed E-state index contributed by atoms with van der Waals surface area (Å²) in [6.45, 7) is 0. The van der Waals surface area contributed by atoms with Crippen LogP contribution in [-0.4, -0.2) is 9.97 Å². The van der Waals surface area contributed by atoms with Gasteiger partial charge >= 0.3 is 0 Å². The molecule has 0 N–H and O–H groups in total. The van der Waals surface area contributed by atoms with Crippen molar-refractivity contribution in [2.24, 2.45) is 0 Å². The van der Waals surface area contributed by atoms with Crippen molar-refractivity contribution in [1.29, 1.82) is 0 Å². The molecule has 0 radical (unpaired) electrons. The Bertz CT molecular complexity index is 176. The van der Waals surface area contributed by atoms with Crippen molar-refractivity contribution >= 4 is 40.2 Å². The summed E-state index contributed by atoms with van der Waals surface area (Å²) < 4.78 is 0. The molecule has 0 aliphatic rings. The fourth-order valence-electron chi connectivity index (χ4n) is 0.312. The molecule has 1 aromatic rings. The van der Waals surface area contributed by atoms with Gasteiger partial charge < -0.3 is 0 Å². The molecule has 0 unspecified atom stereocenters. The van der Waals surface area contributed by atoms with Crippen LogP contribution in [0.3, 0.4) is 0 Å². The summed E-state index contributed by atoms with van der Waals surface area (Å²) in [5, 5.41) is 0.731. The number of halogens is 3. The average Bonchev–Trinajstić information content (AvgIpc) is 1.64. The molecule has 0 aliphatic carbocycles. The summed E-state index contributed by atoms with van der Waals surface area (Å²) in [5.41, 5.74) is 0. The zero-order valence-corrected chi connectivity index (χ0v) is 7.44. The Morgan fingerprint density at radius 3 is 1.78 bits per heavy atom. The zero-order chi connectivity index (χ0) is 5.98. The highest BCUT2D eigenvalue weighted by atomic mass is 79.9. The minimum atomic E-state index is 0. The van der Waals surface area contributed by atoms with Crippen LogP contribution in [-0.2, 0) is 0 Å². The van der Waals surface area contributed by atoms with Gasteiger partial charge in [0, 0.05) is 6.07 Å². The number of hydrogen-bond donors (Lipinski definition) is 0. The highest BCUT2D eigenvalue weighted by Gasteiger charge is 1.87. The molecule has 2 nitrogen and oxygen atoms in total. The number of aromatic nitrogens is 2. The van der Waals surface area contributed by atoms with Crippen LogP contribution in [0, 0.1) is 0 Å². The molecule has 0 spiro atoms. The molecule has 0 bridgehead atoms. The van der Waals surface area contributed by atoms with Crippen molar-refractivity contribution in [2.45, 2.75) is 0 Å². The first-order chi connectivity index (χ1) is 3.79. The van der Waals surface area contributed by atoms with E-state index in [1.54, 1.807) is 0 Å². The maximum absolute atomic E-state index is 5.41. The third kappa shape index (κ3) is 2.98. The molecular weight excluding hydrogens is 227 g/mol. The Morgan fingerprint density at radius 1 is 1.11 bits per heavy atom. The largest absolute Gasteiger partial charge is 0.225 e. The Balaban J connectivity index is 0.000000640. The van der Waals surface area contributed by atoms with Gasteiger partial charge in [-0.25, -0.2) is 9.97 Å². The molecule has 9 heavy (non-hydrogen) atoms. The lowest BCUT2D eigenvalue weighted by Gasteiger charge is -1.85. The molecule has 50 valence electrons. The molecule has 0 fully saturated rings. The fourth-order valence-corrected chi connectivity index (χ4v) is 0.662. The molecule has 1 aromatic heterocycles. The van der Waals surface area contributed by atoms with Crippen LogP contribution < -0.4 is 0 Å². The van der Waals surface area contributed by atoms with Crippen LogP contribution in [0.2, 0.25) is 10.3 Å². The second-order valence-corrected chi connectivity index (χ2v) is 1.94. The quantitative estimate of drug-likeness (QED) is 0.639. The van der Waals surface area contributed by atoms with Crippen LogP contribution >= 0.6 is 40.2 Å². The molecule has 0 saturated carbocycles. The van der Waals surface area contributed by atoms with Crippen molar-refractivity contribution < 1.29 is 0 Å². The Hall–Kier alpha value is 0.140. The van der Waals surface area contributed by atoms with Gasteiger partial charge in [0.15, 0.2) is 0 Å². The van der Waals surface area contributed by atoms with E-state index in [1.807, 2.05) is 0 Å². The smallest absolute Gasteiger partial charge is 0.133 e. The Labute approximate surface area is 73.0 Å². The van der Waals surface area contributed by atoms with E-state index < -0.39 is 0 Å². The lowest BCUT2D eigenvalue weighted by Crippen LogP contribution is -1.76. The van der Waals surface area contributed by atoms with Crippen molar-refractivity contribution in [2.75, 3.05) is 0 Å². The van der Waals surface area contributed by atoms with E-state index in [4.69, 9.17) is 23.2 Å². The minimum absolute atomic E-state index is 0. The highest BCUT2D eigenvalue weighted by molar-refractivity contribution is 8.93. The van der Waals surface area contributed by atoms with Gasteiger partial charge in [0.1, 0.15) is 16.6 Å². The van der Waals surface area contributed by atoms with E-state index >= 15 is 0 Å². The Kier molecular flexibility index (Phi) is 4.10. The SMILES string of the molecule is Br.Clc1cc(Cl)ncn1. The lowest BCUT2D eigenvalue weighted by molar-refractivity contribution is 1.17. The minimum Gasteiger partial charge on any atom is -0.225 e. The third-order valence-electron chi connectivity index (χ3n) is 0.600. The zero-order valence-electron chi connectivity index (χ0n) is 4.21. The molecule has 1 heterocycles. The van der Waals surface area contributed by atoms with Crippen molar-refractivity contribution in [3.8, 4) is 0 Å². The number of rotatable bonds is 0. The van der Waals surface area contributed by atoms with Gasteiger partial charge in [-0.3, -0.25) is 0 Å². The second kappa shape index (κ2) is 4.04. The third-order valence-corrected chi connectivity index (χ3v) is 1.01. The fraction of sp³-hybridized carbons (Fsp3) is 0. The van der Waals surface area contributed by atoms with Crippen LogP contribution in [0.15, 0.2) is 12.4 Å². The first kappa shape index (κ1) is 9.14. The Morgan fingerprint density at radius 2 is 1.56 bits per heavy atom. The first-order valence-corrected chi connectivity index (χ1v) is 2.67. The standard InChI is InChI=1S/C4H2Cl2N2.BrH/c5-3-1-4(6)8-2-7-3;/h1-2H;1H. The van der Waals surface area contributed by atoms with Crippen LogP contribution in [0.5, 0.6) is 0 Å². The van der Waals surface area contributed by atoms with E-state index in [1.165, 1.54) is 12.4 Å². The highest BCUT2D eigenvalue weighted by Crippen LogP contribution is 2.07. The van der Waals surface area contributed by atoms with Crippen LogP contribution in [0.4, 0.5) is 0 Å². The second-order valence-electron chi connectivity index (χ2n) is 1.16. The van der Waals surface area contributed by atoms with Crippen molar-refractivity contribution in [1.82, 2.24) is 9.97 Å². The summed E-state index contributed by atoms with van der Waals surface area (Å²) in [6.07, 6.45) is 1.31. The first-order valence-electron chi connectivity index (χ1n) is 1.92. The molecule has 0 amide bonds. The van der Waals surface area contributed by atoms with Crippen LogP contribution in [0.1, 0.15) is 0 Å². The normalized spacial score (nSPS) is 8.22. The predicted molar refractivity (Wildman–Crippen MR) is 42.4 cm³/mol. The molecule has 0 atom stereocenters. The average molecular weight is 230 g/mol. The summed E-state index contributed by atoms with van der Waals surface area (Å²) in [7, 11) is 0. The van der Waals surface area contributed by atoms with E-state index in [2.05, 4.69) is 9.97 Å². The van der Waals surface area contributed by atoms with Crippen molar-refractivity contribution in [3.05, 3.63) is 22.7 Å². The van der Waals surface area contributed by atoms with Gasteiger partial charge in [-0.1, -0.05) is 23.2 Å². The molecule has 0 aliphatic heterocycles. The molecule has 1 rings (SSSR count). The maximum atomic E-state index is 5.41. The maximum Gasteiger partial charge on any atom is 0.133 e. The molecular formula is C4H3BrCl2N2. The van der Waals surface area contributed by atoms with Gasteiger partial charge in [-0.2, -0.15) is 0 Å². The topological polar surface area (TPSA) is 25.8 Å². The van der Waals surface area contributed by atoms with Crippen LogP contribution in [0.25, 0.3) is 0 Å². The van der Waals surface area contributed by atoms with E-state index in [0.717, 1.165) is 0 Å². The van der Waals surface area contributed by atoms with Gasteiger partial charge in [-0.05, 0) is 0 Å². The monoisotopic (exact) mass is 228 g/mol. The molecule has 5 heteroatoms. The van der Waals surface area contributed by atoms with Gasteiger partial charge in [0.2, 0.25) is 0 Å². The summed E-state index contributed by atoms with van der Waals surface area (Å²) in [6, 6.07) is 1.48. The van der Waals surface area contributed by atoms with Gasteiger partial charge in [-0.15, -0.1) is 17.0 Å². The summed E-state index contributed by atoms with van der Waals surface area (Å²) in [5.74, 6) is 0. The van der Waals surface area contributed by atoms with Gasteiger partial charge in [0.25, 0.3) is 0 Å². The number of nitrogens with zero attached hydrogens (tertiary/aromatic N) is 2. The lowest BCUT2D eigenvalue weighted by atomic mass is 10.7. The van der Waals surface area contributed by atoms with Gasteiger partial charge in [0.05, 0.1) is 0 Å². The van der Waals surface area contributed by atoms with E-state index in [-0.39, 0.29) is 17.0 Å². The molecule has 0 saturated heterocycles.